The molecule has 0 unspecified atom stereocenters. The fraction of sp³-hybridized carbons (Fsp3) is 0.333. The van der Waals surface area contributed by atoms with Crippen LogP contribution in [0.4, 0.5) is 3.89 Å². The molecule has 7 heteroatoms. The van der Waals surface area contributed by atoms with Gasteiger partial charge >= 0.3 is 0 Å². The molecule has 0 spiro atoms. The molecule has 0 aliphatic heterocycles. The second-order valence-corrected chi connectivity index (χ2v) is 3.01. The van der Waals surface area contributed by atoms with Crippen molar-refractivity contribution in [1.82, 2.24) is 15.2 Å². The number of hydrogen-bond donors (Lipinski definition) is 3. The highest BCUT2D eigenvalue weighted by Crippen LogP contribution is 2.46. The van der Waals surface area contributed by atoms with E-state index in [1.807, 2.05) is 0 Å². The molecule has 1 aromatic heterocycles. The summed E-state index contributed by atoms with van der Waals surface area (Å²) < 4.78 is 28.8. The first-order chi connectivity index (χ1) is 4.50. The molecule has 0 radical (unpaired) electrons. The molecule has 5 nitrogen and oxygen atoms in total. The second kappa shape index (κ2) is 2.19. The third-order valence-corrected chi connectivity index (χ3v) is 1.46. The summed E-state index contributed by atoms with van der Waals surface area (Å²) in [5.74, 6) is 0.340. The molecular formula is C3H6FN3O2S. The highest BCUT2D eigenvalue weighted by molar-refractivity contribution is 8.19. The van der Waals surface area contributed by atoms with Crippen LogP contribution in [0.1, 0.15) is 5.82 Å². The first-order valence-corrected chi connectivity index (χ1v) is 3.82. The van der Waals surface area contributed by atoms with Gasteiger partial charge in [-0.3, -0.25) is 14.2 Å². The Hall–Kier alpha value is -0.660. The quantitative estimate of drug-likeness (QED) is 0.585. The van der Waals surface area contributed by atoms with Crippen molar-refractivity contribution >= 4 is 11.0 Å². The predicted octanol–water partition coefficient (Wildman–Crippen LogP) is 1.11. The van der Waals surface area contributed by atoms with Crippen LogP contribution in [0.3, 0.4) is 0 Å². The first kappa shape index (κ1) is 7.45. The van der Waals surface area contributed by atoms with Crippen molar-refractivity contribution in [1.29, 1.82) is 0 Å². The number of aromatic amines is 1. The summed E-state index contributed by atoms with van der Waals surface area (Å²) in [6.07, 6.45) is 0. The lowest BCUT2D eigenvalue weighted by Crippen LogP contribution is -1.92. The van der Waals surface area contributed by atoms with Gasteiger partial charge in [-0.1, -0.05) is 3.89 Å². The Bertz CT molecular complexity index is 232. The van der Waals surface area contributed by atoms with Gasteiger partial charge in [0.25, 0.3) is 5.16 Å². The molecule has 3 N–H and O–H groups in total. The van der Waals surface area contributed by atoms with Crippen LogP contribution in [-0.4, -0.2) is 24.3 Å². The molecule has 0 atom stereocenters. The van der Waals surface area contributed by atoms with E-state index in [0.717, 1.165) is 0 Å². The van der Waals surface area contributed by atoms with E-state index < -0.39 is 16.1 Å². The minimum atomic E-state index is -4.24. The number of rotatable bonds is 1. The Balaban J connectivity index is 2.96. The first-order valence-electron chi connectivity index (χ1n) is 2.37. The summed E-state index contributed by atoms with van der Waals surface area (Å²) >= 11 is 0. The molecule has 0 amide bonds. The van der Waals surface area contributed by atoms with Gasteiger partial charge in [0.2, 0.25) is 0 Å². The minimum absolute atomic E-state index is 0.340. The summed E-state index contributed by atoms with van der Waals surface area (Å²) in [5, 5.41) is 4.90. The summed E-state index contributed by atoms with van der Waals surface area (Å²) in [4.78, 5) is 3.38. The minimum Gasteiger partial charge on any atom is -0.267 e. The van der Waals surface area contributed by atoms with Gasteiger partial charge in [0.1, 0.15) is 5.82 Å². The fourth-order valence-electron chi connectivity index (χ4n) is 0.438. The highest BCUT2D eigenvalue weighted by atomic mass is 32.3. The summed E-state index contributed by atoms with van der Waals surface area (Å²) in [7, 11) is -4.24. The molecule has 0 saturated carbocycles. The maximum absolute atomic E-state index is 12.2. The van der Waals surface area contributed by atoms with Crippen LogP contribution in [0.5, 0.6) is 0 Å². The van der Waals surface area contributed by atoms with Gasteiger partial charge in [-0.25, -0.2) is 0 Å². The van der Waals surface area contributed by atoms with Gasteiger partial charge in [0.05, 0.1) is 0 Å². The van der Waals surface area contributed by atoms with Crippen LogP contribution in [-0.2, 0) is 0 Å². The molecule has 0 aliphatic rings. The molecule has 0 bridgehead atoms. The van der Waals surface area contributed by atoms with E-state index in [1.165, 1.54) is 6.92 Å². The number of hydrogen-bond acceptors (Lipinski definition) is 4. The van der Waals surface area contributed by atoms with Crippen molar-refractivity contribution < 1.29 is 13.0 Å². The molecule has 0 aliphatic carbocycles. The fourth-order valence-corrected chi connectivity index (χ4v) is 0.853. The third-order valence-electron chi connectivity index (χ3n) is 0.809. The SMILES string of the molecule is Cc1nc(S(O)(O)F)n[nH]1. The average Bonchev–Trinajstić information content (AvgIpc) is 2.11. The molecule has 0 fully saturated rings. The molecule has 1 rings (SSSR count). The summed E-state index contributed by atoms with van der Waals surface area (Å²) in [6.45, 7) is 1.53. The largest absolute Gasteiger partial charge is 0.292 e. The lowest BCUT2D eigenvalue weighted by atomic mass is 10.8. The van der Waals surface area contributed by atoms with Crippen molar-refractivity contribution in [3.8, 4) is 0 Å². The van der Waals surface area contributed by atoms with Crippen molar-refractivity contribution in [2.24, 2.45) is 0 Å². The van der Waals surface area contributed by atoms with Gasteiger partial charge in [0, 0.05) is 11.0 Å². The second-order valence-electron chi connectivity index (χ2n) is 1.68. The molecule has 0 saturated heterocycles. The number of nitrogens with one attached hydrogen (secondary N) is 1. The van der Waals surface area contributed by atoms with Gasteiger partial charge in [-0.2, -0.15) is 4.98 Å². The van der Waals surface area contributed by atoms with Crippen molar-refractivity contribution in [2.75, 3.05) is 0 Å². The van der Waals surface area contributed by atoms with Crippen LogP contribution < -0.4 is 0 Å². The number of halogens is 1. The smallest absolute Gasteiger partial charge is 0.267 e. The van der Waals surface area contributed by atoms with E-state index in [4.69, 9.17) is 9.11 Å². The van der Waals surface area contributed by atoms with Crippen molar-refractivity contribution in [3.05, 3.63) is 5.82 Å². The van der Waals surface area contributed by atoms with Crippen LogP contribution in [0, 0.1) is 6.92 Å². The normalized spacial score (nSPS) is 13.6. The number of aromatic nitrogens is 3. The molecule has 1 aromatic rings. The topological polar surface area (TPSA) is 82.0 Å². The Morgan fingerprint density at radius 3 is 2.40 bits per heavy atom. The standard InChI is InChI=1S/C3H6FN3O2S/c1-2-5-3(7-6-2)10(4,8)9/h8-9H,1H3,(H,5,6,7). The summed E-state index contributed by atoms with van der Waals surface area (Å²) in [5.41, 5.74) is 0. The molecular weight excluding hydrogens is 161 g/mol. The zero-order valence-corrected chi connectivity index (χ0v) is 5.89. The number of aryl methyl sites for hydroxylation is 1. The van der Waals surface area contributed by atoms with Gasteiger partial charge in [-0.15, -0.1) is 5.10 Å². The van der Waals surface area contributed by atoms with Crippen LogP contribution >= 0.6 is 11.0 Å². The van der Waals surface area contributed by atoms with Gasteiger partial charge < -0.3 is 0 Å². The maximum Gasteiger partial charge on any atom is 0.292 e. The molecule has 0 aromatic carbocycles. The van der Waals surface area contributed by atoms with E-state index in [-0.39, 0.29) is 0 Å². The predicted molar refractivity (Wildman–Crippen MR) is 33.3 cm³/mol. The lowest BCUT2D eigenvalue weighted by molar-refractivity contribution is 0.425. The van der Waals surface area contributed by atoms with E-state index in [9.17, 15) is 3.89 Å². The van der Waals surface area contributed by atoms with E-state index in [2.05, 4.69) is 15.2 Å². The average molecular weight is 167 g/mol. The van der Waals surface area contributed by atoms with E-state index in [0.29, 0.717) is 5.82 Å². The third kappa shape index (κ3) is 1.43. The Kier molecular flexibility index (Phi) is 1.63. The van der Waals surface area contributed by atoms with Gasteiger partial charge in [0.15, 0.2) is 0 Å². The zero-order chi connectivity index (χ0) is 7.78. The highest BCUT2D eigenvalue weighted by Gasteiger charge is 2.18. The molecule has 1 heterocycles. The number of nitrogens with zero attached hydrogens (tertiary/aromatic N) is 2. The van der Waals surface area contributed by atoms with Crippen LogP contribution in [0.25, 0.3) is 0 Å². The van der Waals surface area contributed by atoms with E-state index in [1.54, 1.807) is 0 Å². The van der Waals surface area contributed by atoms with Crippen molar-refractivity contribution in [3.63, 3.8) is 0 Å². The Morgan fingerprint density at radius 1 is 1.60 bits per heavy atom. The Morgan fingerprint density at radius 2 is 2.20 bits per heavy atom. The van der Waals surface area contributed by atoms with E-state index >= 15 is 0 Å². The summed E-state index contributed by atoms with van der Waals surface area (Å²) in [6, 6.07) is 0. The maximum atomic E-state index is 12.2. The Labute approximate surface area is 57.9 Å². The van der Waals surface area contributed by atoms with Crippen LogP contribution in [0.15, 0.2) is 5.16 Å². The lowest BCUT2D eigenvalue weighted by Gasteiger charge is -2.14. The van der Waals surface area contributed by atoms with Gasteiger partial charge in [-0.05, 0) is 6.92 Å². The molecule has 10 heavy (non-hydrogen) atoms. The van der Waals surface area contributed by atoms with Crippen LogP contribution in [0.2, 0.25) is 0 Å². The monoisotopic (exact) mass is 167 g/mol. The van der Waals surface area contributed by atoms with Crippen molar-refractivity contribution in [2.45, 2.75) is 12.1 Å². The number of H-pyrrole nitrogens is 1. The molecule has 58 valence electrons. The zero-order valence-electron chi connectivity index (χ0n) is 5.08.